The summed E-state index contributed by atoms with van der Waals surface area (Å²) in [6.45, 7) is 15.5. The van der Waals surface area contributed by atoms with Gasteiger partial charge in [0.15, 0.2) is 5.96 Å². The second-order valence-corrected chi connectivity index (χ2v) is 5.78. The van der Waals surface area contributed by atoms with Gasteiger partial charge in [0.1, 0.15) is 0 Å². The van der Waals surface area contributed by atoms with E-state index in [0.717, 1.165) is 32.1 Å². The molecule has 5 heteroatoms. The standard InChI is InChI=1S/C18H32N4.HI/c1-6-19-18(21-15(4)5)20-13-16-10-9-11-17(12-16)14-22(7-2)8-3;/h9-12,15H,6-8,13-14H2,1-5H3,(H2,19,20,21);1H. The molecule has 4 nitrogen and oxygen atoms in total. The Hall–Kier alpha value is -0.820. The second kappa shape index (κ2) is 12.6. The van der Waals surface area contributed by atoms with E-state index in [2.05, 4.69) is 79.4 Å². The van der Waals surface area contributed by atoms with Crippen LogP contribution in [-0.4, -0.2) is 36.5 Å². The Morgan fingerprint density at radius 1 is 1.13 bits per heavy atom. The highest BCUT2D eigenvalue weighted by Gasteiger charge is 2.03. The van der Waals surface area contributed by atoms with Gasteiger partial charge in [0.05, 0.1) is 6.54 Å². The second-order valence-electron chi connectivity index (χ2n) is 5.78. The summed E-state index contributed by atoms with van der Waals surface area (Å²) in [6.07, 6.45) is 0. The van der Waals surface area contributed by atoms with E-state index >= 15 is 0 Å². The molecule has 0 aliphatic rings. The molecule has 0 heterocycles. The van der Waals surface area contributed by atoms with Gasteiger partial charge >= 0.3 is 0 Å². The van der Waals surface area contributed by atoms with Crippen molar-refractivity contribution in [3.63, 3.8) is 0 Å². The third-order valence-electron chi connectivity index (χ3n) is 3.48. The van der Waals surface area contributed by atoms with Crippen LogP contribution in [0.25, 0.3) is 0 Å². The Morgan fingerprint density at radius 2 is 1.78 bits per heavy atom. The molecule has 1 aromatic carbocycles. The first-order valence-electron chi connectivity index (χ1n) is 8.44. The number of benzene rings is 1. The summed E-state index contributed by atoms with van der Waals surface area (Å²) < 4.78 is 0. The molecular formula is C18H33IN4. The van der Waals surface area contributed by atoms with Crippen molar-refractivity contribution in [3.05, 3.63) is 35.4 Å². The fourth-order valence-corrected chi connectivity index (χ4v) is 2.30. The summed E-state index contributed by atoms with van der Waals surface area (Å²) >= 11 is 0. The van der Waals surface area contributed by atoms with Crippen molar-refractivity contribution in [2.45, 2.75) is 53.8 Å². The Bertz CT molecular complexity index is 456. The van der Waals surface area contributed by atoms with E-state index < -0.39 is 0 Å². The molecule has 0 radical (unpaired) electrons. The lowest BCUT2D eigenvalue weighted by Crippen LogP contribution is -2.41. The van der Waals surface area contributed by atoms with Crippen LogP contribution in [0.1, 0.15) is 45.7 Å². The van der Waals surface area contributed by atoms with Gasteiger partial charge in [0.25, 0.3) is 0 Å². The molecule has 0 unspecified atom stereocenters. The summed E-state index contributed by atoms with van der Waals surface area (Å²) in [5, 5.41) is 6.63. The number of guanidine groups is 1. The molecule has 0 bridgehead atoms. The molecule has 0 amide bonds. The van der Waals surface area contributed by atoms with E-state index in [1.54, 1.807) is 0 Å². The first kappa shape index (κ1) is 22.2. The number of nitrogens with zero attached hydrogens (tertiary/aromatic N) is 2. The van der Waals surface area contributed by atoms with Crippen molar-refractivity contribution in [1.82, 2.24) is 15.5 Å². The minimum absolute atomic E-state index is 0. The smallest absolute Gasteiger partial charge is 0.191 e. The van der Waals surface area contributed by atoms with Crippen molar-refractivity contribution in [2.75, 3.05) is 19.6 Å². The number of hydrogen-bond donors (Lipinski definition) is 2. The van der Waals surface area contributed by atoms with Gasteiger partial charge in [0, 0.05) is 19.1 Å². The molecule has 0 saturated carbocycles. The maximum atomic E-state index is 4.67. The fourth-order valence-electron chi connectivity index (χ4n) is 2.30. The Labute approximate surface area is 159 Å². The van der Waals surface area contributed by atoms with Crippen LogP contribution in [0.3, 0.4) is 0 Å². The zero-order chi connectivity index (χ0) is 16.4. The summed E-state index contributed by atoms with van der Waals surface area (Å²) in [5.41, 5.74) is 2.61. The first-order chi connectivity index (χ1) is 10.6. The maximum absolute atomic E-state index is 4.67. The van der Waals surface area contributed by atoms with E-state index in [9.17, 15) is 0 Å². The lowest BCUT2D eigenvalue weighted by atomic mass is 10.1. The van der Waals surface area contributed by atoms with Crippen LogP contribution < -0.4 is 10.6 Å². The van der Waals surface area contributed by atoms with E-state index in [1.807, 2.05) is 0 Å². The molecule has 0 atom stereocenters. The summed E-state index contributed by atoms with van der Waals surface area (Å²) in [4.78, 5) is 7.09. The van der Waals surface area contributed by atoms with Gasteiger partial charge in [-0.2, -0.15) is 0 Å². The van der Waals surface area contributed by atoms with E-state index in [-0.39, 0.29) is 24.0 Å². The Morgan fingerprint density at radius 3 is 2.35 bits per heavy atom. The number of aliphatic imine (C=N–C) groups is 1. The Balaban J connectivity index is 0.00000484. The number of rotatable bonds is 8. The molecule has 23 heavy (non-hydrogen) atoms. The van der Waals surface area contributed by atoms with Crippen molar-refractivity contribution in [1.29, 1.82) is 0 Å². The van der Waals surface area contributed by atoms with Gasteiger partial charge in [-0.1, -0.05) is 38.1 Å². The van der Waals surface area contributed by atoms with E-state index in [0.29, 0.717) is 12.6 Å². The predicted molar refractivity (Wildman–Crippen MR) is 112 cm³/mol. The molecule has 0 aliphatic carbocycles. The molecule has 0 aromatic heterocycles. The van der Waals surface area contributed by atoms with Crippen molar-refractivity contribution >= 4 is 29.9 Å². The minimum Gasteiger partial charge on any atom is -0.357 e. The van der Waals surface area contributed by atoms with Gasteiger partial charge in [-0.25, -0.2) is 4.99 Å². The number of nitrogens with one attached hydrogen (secondary N) is 2. The molecule has 2 N–H and O–H groups in total. The summed E-state index contributed by atoms with van der Waals surface area (Å²) in [7, 11) is 0. The number of hydrogen-bond acceptors (Lipinski definition) is 2. The van der Waals surface area contributed by atoms with Crippen molar-refractivity contribution in [3.8, 4) is 0 Å². The molecular weight excluding hydrogens is 399 g/mol. The molecule has 0 aliphatic heterocycles. The van der Waals surface area contributed by atoms with E-state index in [1.165, 1.54) is 11.1 Å². The molecule has 0 spiro atoms. The van der Waals surface area contributed by atoms with Crippen LogP contribution in [0.2, 0.25) is 0 Å². The predicted octanol–water partition coefficient (Wildman–Crippen LogP) is 3.61. The van der Waals surface area contributed by atoms with Gasteiger partial charge in [-0.05, 0) is 45.0 Å². The molecule has 0 fully saturated rings. The average molecular weight is 432 g/mol. The number of halogens is 1. The van der Waals surface area contributed by atoms with Crippen molar-refractivity contribution in [2.24, 2.45) is 4.99 Å². The third kappa shape index (κ3) is 9.15. The normalized spacial score (nSPS) is 11.5. The monoisotopic (exact) mass is 432 g/mol. The zero-order valence-corrected chi connectivity index (χ0v) is 17.6. The summed E-state index contributed by atoms with van der Waals surface area (Å²) in [6, 6.07) is 9.12. The van der Waals surface area contributed by atoms with Crippen LogP contribution in [0.4, 0.5) is 0 Å². The van der Waals surface area contributed by atoms with Gasteiger partial charge in [-0.3, -0.25) is 4.90 Å². The van der Waals surface area contributed by atoms with E-state index in [4.69, 9.17) is 0 Å². The highest BCUT2D eigenvalue weighted by atomic mass is 127. The van der Waals surface area contributed by atoms with Crippen LogP contribution in [0.15, 0.2) is 29.3 Å². The highest BCUT2D eigenvalue weighted by Crippen LogP contribution is 2.09. The third-order valence-corrected chi connectivity index (χ3v) is 3.48. The Kier molecular flexibility index (Phi) is 12.1. The largest absolute Gasteiger partial charge is 0.357 e. The lowest BCUT2D eigenvalue weighted by molar-refractivity contribution is 0.296. The molecule has 0 saturated heterocycles. The van der Waals surface area contributed by atoms with Gasteiger partial charge in [0.2, 0.25) is 0 Å². The van der Waals surface area contributed by atoms with Crippen LogP contribution in [-0.2, 0) is 13.1 Å². The quantitative estimate of drug-likeness (QED) is 0.375. The molecule has 1 rings (SSSR count). The lowest BCUT2D eigenvalue weighted by Gasteiger charge is -2.18. The fraction of sp³-hybridized carbons (Fsp3) is 0.611. The highest BCUT2D eigenvalue weighted by molar-refractivity contribution is 14.0. The van der Waals surface area contributed by atoms with Crippen molar-refractivity contribution < 1.29 is 0 Å². The van der Waals surface area contributed by atoms with Crippen LogP contribution >= 0.6 is 24.0 Å². The van der Waals surface area contributed by atoms with Gasteiger partial charge < -0.3 is 10.6 Å². The zero-order valence-electron chi connectivity index (χ0n) is 15.2. The average Bonchev–Trinajstić information content (AvgIpc) is 2.50. The first-order valence-corrected chi connectivity index (χ1v) is 8.44. The molecule has 1 aromatic rings. The topological polar surface area (TPSA) is 39.7 Å². The minimum atomic E-state index is 0. The van der Waals surface area contributed by atoms with Crippen LogP contribution in [0.5, 0.6) is 0 Å². The van der Waals surface area contributed by atoms with Crippen LogP contribution in [0, 0.1) is 0 Å². The van der Waals surface area contributed by atoms with Gasteiger partial charge in [-0.15, -0.1) is 24.0 Å². The SMILES string of the molecule is CCNC(=NCc1cccc(CN(CC)CC)c1)NC(C)C.I. The summed E-state index contributed by atoms with van der Waals surface area (Å²) in [5.74, 6) is 0.881. The maximum Gasteiger partial charge on any atom is 0.191 e. The molecule has 132 valence electrons.